The molecule has 0 spiro atoms. The molecule has 0 aliphatic heterocycles. The summed E-state index contributed by atoms with van der Waals surface area (Å²) in [5, 5.41) is 3.75. The molecule has 2 aromatic rings. The number of aromatic nitrogens is 3. The van der Waals surface area contributed by atoms with Gasteiger partial charge in [0.2, 0.25) is 5.82 Å². The molecule has 0 N–H and O–H groups in total. The van der Waals surface area contributed by atoms with Crippen LogP contribution in [0.25, 0.3) is 0 Å². The largest absolute Gasteiger partial charge is 0.451 e. The van der Waals surface area contributed by atoms with Crippen LogP contribution in [0.1, 0.15) is 11.4 Å². The highest BCUT2D eigenvalue weighted by atomic mass is 35.5. The zero-order valence-corrected chi connectivity index (χ0v) is 10.5. The van der Waals surface area contributed by atoms with Crippen molar-refractivity contribution in [2.45, 2.75) is 12.7 Å². The first-order valence-corrected chi connectivity index (χ1v) is 5.62. The molecule has 0 unspecified atom stereocenters. The van der Waals surface area contributed by atoms with E-state index in [0.717, 1.165) is 11.7 Å². The Kier molecular flexibility index (Phi) is 3.40. The van der Waals surface area contributed by atoms with Crippen LogP contribution in [0.4, 0.5) is 13.2 Å². The maximum Gasteiger partial charge on any atom is 0.451 e. The fourth-order valence-corrected chi connectivity index (χ4v) is 1.86. The van der Waals surface area contributed by atoms with Crippen molar-refractivity contribution in [3.63, 3.8) is 0 Å². The summed E-state index contributed by atoms with van der Waals surface area (Å²) in [6.45, 7) is -0.0662. The number of alkyl halides is 3. The predicted octanol–water partition coefficient (Wildman–Crippen LogP) is 2.30. The van der Waals surface area contributed by atoms with Gasteiger partial charge in [-0.25, -0.2) is 9.48 Å². The lowest BCUT2D eigenvalue weighted by atomic mass is 10.2. The van der Waals surface area contributed by atoms with Gasteiger partial charge in [-0.2, -0.15) is 13.2 Å². The van der Waals surface area contributed by atoms with E-state index >= 15 is 0 Å². The van der Waals surface area contributed by atoms with Crippen molar-refractivity contribution in [3.8, 4) is 0 Å². The quantitative estimate of drug-likeness (QED) is 0.852. The number of rotatable bonds is 2. The molecule has 19 heavy (non-hydrogen) atoms. The molecule has 0 aliphatic rings. The molecule has 0 saturated heterocycles. The average Bonchev–Trinajstić information content (AvgIpc) is 2.57. The topological polar surface area (TPSA) is 39.8 Å². The summed E-state index contributed by atoms with van der Waals surface area (Å²) in [6, 6.07) is 6.50. The molecule has 0 fully saturated rings. The number of hydrogen-bond donors (Lipinski definition) is 0. The summed E-state index contributed by atoms with van der Waals surface area (Å²) in [5.74, 6) is -1.22. The van der Waals surface area contributed by atoms with Gasteiger partial charge in [-0.1, -0.05) is 23.7 Å². The van der Waals surface area contributed by atoms with Gasteiger partial charge >= 0.3 is 11.9 Å². The Morgan fingerprint density at radius 1 is 1.37 bits per heavy atom. The van der Waals surface area contributed by atoms with Crippen molar-refractivity contribution in [3.05, 3.63) is 51.2 Å². The molecule has 8 heteroatoms. The third kappa shape index (κ3) is 2.81. The molecule has 102 valence electrons. The Hall–Kier alpha value is -1.76. The van der Waals surface area contributed by atoms with Gasteiger partial charge in [0, 0.05) is 12.1 Å². The molecule has 0 bridgehead atoms. The lowest BCUT2D eigenvalue weighted by molar-refractivity contribution is -0.147. The summed E-state index contributed by atoms with van der Waals surface area (Å²) in [6.07, 6.45) is -4.66. The molecule has 0 aliphatic carbocycles. The molecule has 1 heterocycles. The van der Waals surface area contributed by atoms with Crippen LogP contribution in [0, 0.1) is 0 Å². The van der Waals surface area contributed by atoms with Crippen LogP contribution < -0.4 is 5.69 Å². The fourth-order valence-electron chi connectivity index (χ4n) is 1.65. The zero-order valence-electron chi connectivity index (χ0n) is 9.78. The first-order valence-electron chi connectivity index (χ1n) is 5.24. The monoisotopic (exact) mass is 291 g/mol. The van der Waals surface area contributed by atoms with Gasteiger partial charge in [-0.05, 0) is 17.7 Å². The Labute approximate surface area is 111 Å². The van der Waals surface area contributed by atoms with Crippen LogP contribution in [0.3, 0.4) is 0 Å². The van der Waals surface area contributed by atoms with Gasteiger partial charge < -0.3 is 0 Å². The number of nitrogens with zero attached hydrogens (tertiary/aromatic N) is 3. The van der Waals surface area contributed by atoms with Crippen molar-refractivity contribution < 1.29 is 13.2 Å². The van der Waals surface area contributed by atoms with Crippen LogP contribution in [-0.2, 0) is 19.8 Å². The number of benzene rings is 1. The van der Waals surface area contributed by atoms with Gasteiger partial charge in [0.25, 0.3) is 0 Å². The molecule has 1 aromatic carbocycles. The molecule has 0 atom stereocenters. The second-order valence-electron chi connectivity index (χ2n) is 3.95. The molecule has 0 amide bonds. The Bertz CT molecular complexity index is 660. The minimum Gasteiger partial charge on any atom is -0.274 e. The summed E-state index contributed by atoms with van der Waals surface area (Å²) < 4.78 is 39.0. The molecule has 4 nitrogen and oxygen atoms in total. The summed E-state index contributed by atoms with van der Waals surface area (Å²) >= 11 is 5.77. The molecule has 0 saturated carbocycles. The van der Waals surface area contributed by atoms with Crippen molar-refractivity contribution in [1.82, 2.24) is 14.3 Å². The van der Waals surface area contributed by atoms with Crippen molar-refractivity contribution in [1.29, 1.82) is 0 Å². The van der Waals surface area contributed by atoms with Crippen LogP contribution >= 0.6 is 11.6 Å². The Morgan fingerprint density at radius 3 is 2.58 bits per heavy atom. The van der Waals surface area contributed by atoms with E-state index < -0.39 is 17.7 Å². The van der Waals surface area contributed by atoms with Gasteiger partial charge in [0.05, 0.1) is 6.54 Å². The number of hydrogen-bond acceptors (Lipinski definition) is 2. The van der Waals surface area contributed by atoms with E-state index in [0.29, 0.717) is 15.2 Å². The number of halogens is 4. The lowest BCUT2D eigenvalue weighted by Gasteiger charge is -2.02. The third-order valence-corrected chi connectivity index (χ3v) is 2.75. The minimum atomic E-state index is -4.66. The van der Waals surface area contributed by atoms with Gasteiger partial charge in [0.1, 0.15) is 0 Å². The van der Waals surface area contributed by atoms with E-state index in [1.54, 1.807) is 24.3 Å². The van der Waals surface area contributed by atoms with E-state index in [9.17, 15) is 18.0 Å². The second kappa shape index (κ2) is 4.73. The van der Waals surface area contributed by atoms with E-state index in [-0.39, 0.29) is 6.54 Å². The smallest absolute Gasteiger partial charge is 0.274 e. The average molecular weight is 292 g/mol. The highest BCUT2D eigenvalue weighted by Gasteiger charge is 2.37. The standard InChI is InChI=1S/C11H9ClF3N3O/c1-17-9(11(13,14)15)16-18(10(17)19)6-7-3-2-4-8(12)5-7/h2-5H,6H2,1H3. The van der Waals surface area contributed by atoms with E-state index in [4.69, 9.17) is 11.6 Å². The SMILES string of the molecule is Cn1c(C(F)(F)F)nn(Cc2cccc(Cl)c2)c1=O. The summed E-state index contributed by atoms with van der Waals surface area (Å²) in [7, 11) is 1.03. The predicted molar refractivity (Wildman–Crippen MR) is 63.0 cm³/mol. The lowest BCUT2D eigenvalue weighted by Crippen LogP contribution is -2.24. The van der Waals surface area contributed by atoms with Crippen LogP contribution in [0.5, 0.6) is 0 Å². The third-order valence-electron chi connectivity index (χ3n) is 2.52. The van der Waals surface area contributed by atoms with E-state index in [1.165, 1.54) is 0 Å². The Balaban J connectivity index is 2.40. The van der Waals surface area contributed by atoms with Crippen LogP contribution in [0.15, 0.2) is 29.1 Å². The molecule has 2 rings (SSSR count). The van der Waals surface area contributed by atoms with Crippen molar-refractivity contribution >= 4 is 11.6 Å². The highest BCUT2D eigenvalue weighted by molar-refractivity contribution is 6.30. The minimum absolute atomic E-state index is 0.0662. The van der Waals surface area contributed by atoms with Gasteiger partial charge in [-0.3, -0.25) is 4.57 Å². The fraction of sp³-hybridized carbons (Fsp3) is 0.273. The maximum atomic E-state index is 12.6. The second-order valence-corrected chi connectivity index (χ2v) is 4.39. The highest BCUT2D eigenvalue weighted by Crippen LogP contribution is 2.26. The maximum absolute atomic E-state index is 12.6. The molecule has 0 radical (unpaired) electrons. The van der Waals surface area contributed by atoms with Crippen LogP contribution in [0.2, 0.25) is 5.02 Å². The van der Waals surface area contributed by atoms with E-state index in [1.807, 2.05) is 0 Å². The van der Waals surface area contributed by atoms with Crippen LogP contribution in [-0.4, -0.2) is 14.3 Å². The van der Waals surface area contributed by atoms with E-state index in [2.05, 4.69) is 5.10 Å². The van der Waals surface area contributed by atoms with Crippen molar-refractivity contribution in [2.24, 2.45) is 7.05 Å². The first-order chi connectivity index (χ1) is 8.79. The van der Waals surface area contributed by atoms with Gasteiger partial charge in [-0.15, -0.1) is 5.10 Å². The first kappa shape index (κ1) is 13.7. The molecular formula is C11H9ClF3N3O. The van der Waals surface area contributed by atoms with Gasteiger partial charge in [0.15, 0.2) is 0 Å². The summed E-state index contributed by atoms with van der Waals surface area (Å²) in [5.41, 5.74) is -0.228. The Morgan fingerprint density at radius 2 is 2.05 bits per heavy atom. The molecular weight excluding hydrogens is 283 g/mol. The zero-order chi connectivity index (χ0) is 14.2. The molecule has 1 aromatic heterocycles. The summed E-state index contributed by atoms with van der Waals surface area (Å²) in [4.78, 5) is 11.7. The van der Waals surface area contributed by atoms with Crippen molar-refractivity contribution in [2.75, 3.05) is 0 Å². The normalized spacial score (nSPS) is 11.8.